The van der Waals surface area contributed by atoms with E-state index in [0.29, 0.717) is 5.06 Å². The number of carboxylic acid groups (broad SMARTS) is 1. The highest BCUT2D eigenvalue weighted by atomic mass is 32.3. The Labute approximate surface area is 165 Å². The molecule has 0 spiro atoms. The average Bonchev–Trinajstić information content (AvgIpc) is 3.09. The largest absolute Gasteiger partial charge is 0.465 e. The van der Waals surface area contributed by atoms with Gasteiger partial charge in [-0.05, 0) is 20.8 Å². The summed E-state index contributed by atoms with van der Waals surface area (Å²) in [5.74, 6) is 0. The summed E-state index contributed by atoms with van der Waals surface area (Å²) in [6.45, 7) is 4.70. The molecule has 2 aliphatic rings. The summed E-state index contributed by atoms with van der Waals surface area (Å²) in [6.07, 6.45) is -0.0263. The monoisotopic (exact) mass is 432 g/mol. The number of carbonyl (C=O) groups excluding carboxylic acids is 2. The third kappa shape index (κ3) is 3.70. The number of hydrogen-bond acceptors (Lipinski definition) is 7. The van der Waals surface area contributed by atoms with Gasteiger partial charge in [-0.25, -0.2) is 14.4 Å². The van der Waals surface area contributed by atoms with Gasteiger partial charge in [0.1, 0.15) is 6.04 Å². The second-order valence-electron chi connectivity index (χ2n) is 7.61. The van der Waals surface area contributed by atoms with E-state index in [1.54, 1.807) is 20.8 Å². The van der Waals surface area contributed by atoms with Crippen molar-refractivity contribution < 1.29 is 36.7 Å². The van der Waals surface area contributed by atoms with Gasteiger partial charge < -0.3 is 20.6 Å². The fourth-order valence-corrected chi connectivity index (χ4v) is 3.81. The molecule has 15 heteroatoms. The molecule has 4 amide bonds. The lowest BCUT2D eigenvalue weighted by molar-refractivity contribution is -0.0317. The van der Waals surface area contributed by atoms with Crippen LogP contribution in [0.1, 0.15) is 44.1 Å². The van der Waals surface area contributed by atoms with Crippen LogP contribution in [0.15, 0.2) is 6.20 Å². The van der Waals surface area contributed by atoms with Crippen LogP contribution in [0.25, 0.3) is 0 Å². The number of carbonyl (C=O) groups is 3. The van der Waals surface area contributed by atoms with Crippen LogP contribution in [0.5, 0.6) is 0 Å². The summed E-state index contributed by atoms with van der Waals surface area (Å²) in [4.78, 5) is 38.3. The molecule has 14 nitrogen and oxygen atoms in total. The second kappa shape index (κ2) is 6.57. The van der Waals surface area contributed by atoms with Crippen molar-refractivity contribution in [3.63, 3.8) is 0 Å². The summed E-state index contributed by atoms with van der Waals surface area (Å²) >= 11 is 0. The van der Waals surface area contributed by atoms with Gasteiger partial charge in [0.2, 0.25) is 0 Å². The van der Waals surface area contributed by atoms with Gasteiger partial charge in [0.05, 0.1) is 24.8 Å². The zero-order valence-corrected chi connectivity index (χ0v) is 16.5. The molecule has 29 heavy (non-hydrogen) atoms. The highest BCUT2D eigenvalue weighted by Crippen LogP contribution is 2.44. The van der Waals surface area contributed by atoms with Gasteiger partial charge in [-0.2, -0.15) is 23.3 Å². The lowest BCUT2D eigenvalue weighted by Gasteiger charge is -2.38. The molecule has 2 aliphatic heterocycles. The molecule has 160 valence electrons. The standard InChI is InChI=1S/C14H20N6O8S/c1-14(2,3)18(13(23)24)6-9-10-7(4-19(16-10)11(15)21)8-5-17(9)12(22)20(8)28-29(25,26)27/h4,8-9H,5-6H2,1-3H3,(H2,15,21)(H,23,24)(H,25,26,27)/t8-,9-/m1/s1. The molecule has 1 saturated heterocycles. The van der Waals surface area contributed by atoms with Gasteiger partial charge in [0.25, 0.3) is 0 Å². The summed E-state index contributed by atoms with van der Waals surface area (Å²) in [6, 6.07) is -3.78. The van der Waals surface area contributed by atoms with E-state index in [2.05, 4.69) is 9.38 Å². The minimum absolute atomic E-state index is 0.0753. The van der Waals surface area contributed by atoms with Crippen molar-refractivity contribution in [3.05, 3.63) is 17.5 Å². The first-order chi connectivity index (χ1) is 13.2. The van der Waals surface area contributed by atoms with Crippen molar-refractivity contribution in [3.8, 4) is 0 Å². The van der Waals surface area contributed by atoms with E-state index >= 15 is 0 Å². The Morgan fingerprint density at radius 1 is 1.41 bits per heavy atom. The van der Waals surface area contributed by atoms with Crippen molar-refractivity contribution in [2.45, 2.75) is 38.4 Å². The van der Waals surface area contributed by atoms with Crippen LogP contribution < -0.4 is 5.73 Å². The Hall–Kier alpha value is -2.91. The molecule has 1 fully saturated rings. The van der Waals surface area contributed by atoms with Crippen LogP contribution in [-0.4, -0.2) is 79.5 Å². The highest BCUT2D eigenvalue weighted by Gasteiger charge is 2.52. The molecule has 1 aromatic heterocycles. The predicted octanol–water partition coefficient (Wildman–Crippen LogP) is 0.156. The molecule has 4 N–H and O–H groups in total. The lowest BCUT2D eigenvalue weighted by Crippen LogP contribution is -2.50. The Balaban J connectivity index is 2.08. The number of amides is 4. The smallest absolute Gasteiger partial charge is 0.418 e. The summed E-state index contributed by atoms with van der Waals surface area (Å²) in [5.41, 5.74) is 4.84. The number of primary amides is 1. The molecule has 0 aromatic carbocycles. The number of nitrogens with zero attached hydrogens (tertiary/aromatic N) is 5. The Kier molecular flexibility index (Phi) is 4.71. The minimum atomic E-state index is -5.01. The molecule has 2 atom stereocenters. The van der Waals surface area contributed by atoms with Gasteiger partial charge in [-0.1, -0.05) is 0 Å². The van der Waals surface area contributed by atoms with Gasteiger partial charge >= 0.3 is 28.6 Å². The molecule has 0 unspecified atom stereocenters. The quantitative estimate of drug-likeness (QED) is 0.556. The number of urea groups is 1. The van der Waals surface area contributed by atoms with Crippen molar-refractivity contribution in [2.24, 2.45) is 5.73 Å². The van der Waals surface area contributed by atoms with Crippen LogP contribution >= 0.6 is 0 Å². The molecule has 0 radical (unpaired) electrons. The number of fused-ring (bicyclic) bond motifs is 4. The molecule has 1 aromatic rings. The minimum Gasteiger partial charge on any atom is -0.465 e. The van der Waals surface area contributed by atoms with Gasteiger partial charge in [0.15, 0.2) is 0 Å². The van der Waals surface area contributed by atoms with Crippen LogP contribution in [0.4, 0.5) is 14.4 Å². The highest BCUT2D eigenvalue weighted by molar-refractivity contribution is 7.80. The fourth-order valence-electron chi connectivity index (χ4n) is 3.44. The maximum absolute atomic E-state index is 12.7. The first-order valence-corrected chi connectivity index (χ1v) is 9.74. The molecule has 3 rings (SSSR count). The van der Waals surface area contributed by atoms with Crippen molar-refractivity contribution >= 4 is 28.6 Å². The number of nitrogens with two attached hydrogens (primary N) is 1. The van der Waals surface area contributed by atoms with E-state index < -0.39 is 46.2 Å². The molecule has 0 saturated carbocycles. The first kappa shape index (κ1) is 20.8. The number of rotatable bonds is 4. The first-order valence-electron chi connectivity index (χ1n) is 8.37. The Bertz CT molecular complexity index is 983. The fraction of sp³-hybridized carbons (Fsp3) is 0.571. The van der Waals surface area contributed by atoms with Gasteiger partial charge in [0, 0.05) is 17.3 Å². The van der Waals surface area contributed by atoms with E-state index in [1.165, 1.54) is 6.20 Å². The summed E-state index contributed by atoms with van der Waals surface area (Å²) < 4.78 is 36.5. The van der Waals surface area contributed by atoms with Gasteiger partial charge in [-0.3, -0.25) is 4.55 Å². The molecule has 3 heterocycles. The average molecular weight is 432 g/mol. The van der Waals surface area contributed by atoms with Crippen LogP contribution in [0.2, 0.25) is 0 Å². The van der Waals surface area contributed by atoms with Crippen molar-refractivity contribution in [1.82, 2.24) is 24.6 Å². The van der Waals surface area contributed by atoms with Crippen LogP contribution in [0.3, 0.4) is 0 Å². The molecule has 2 bridgehead atoms. The molecular formula is C14H20N6O8S. The number of aromatic nitrogens is 2. The zero-order chi connectivity index (χ0) is 21.9. The van der Waals surface area contributed by atoms with Crippen molar-refractivity contribution in [1.29, 1.82) is 0 Å². The third-order valence-electron chi connectivity index (χ3n) is 4.71. The van der Waals surface area contributed by atoms with Crippen LogP contribution in [-0.2, 0) is 14.7 Å². The predicted molar refractivity (Wildman–Crippen MR) is 93.7 cm³/mol. The summed E-state index contributed by atoms with van der Waals surface area (Å²) in [5, 5.41) is 14.1. The maximum Gasteiger partial charge on any atom is 0.418 e. The lowest BCUT2D eigenvalue weighted by atomic mass is 9.96. The number of hydroxylamine groups is 2. The van der Waals surface area contributed by atoms with E-state index in [1.807, 2.05) is 0 Å². The zero-order valence-electron chi connectivity index (χ0n) is 15.7. The topological polar surface area (TPSA) is 189 Å². The Morgan fingerprint density at radius 2 is 2.03 bits per heavy atom. The van der Waals surface area contributed by atoms with Gasteiger partial charge in [-0.15, -0.1) is 4.28 Å². The van der Waals surface area contributed by atoms with E-state index in [9.17, 15) is 27.9 Å². The SMILES string of the molecule is CC(C)(C)N(C[C@@H]1c2nn(C(N)=O)cc2[C@H]2CN1C(=O)N2OS(=O)(=O)O)C(=O)O. The van der Waals surface area contributed by atoms with E-state index in [-0.39, 0.29) is 24.3 Å². The molecular weight excluding hydrogens is 412 g/mol. The van der Waals surface area contributed by atoms with E-state index in [0.717, 1.165) is 14.5 Å². The Morgan fingerprint density at radius 3 is 2.52 bits per heavy atom. The van der Waals surface area contributed by atoms with E-state index in [4.69, 9.17) is 10.3 Å². The van der Waals surface area contributed by atoms with Crippen molar-refractivity contribution in [2.75, 3.05) is 13.1 Å². The second-order valence-corrected chi connectivity index (χ2v) is 8.62. The third-order valence-corrected chi connectivity index (χ3v) is 5.06. The molecule has 0 aliphatic carbocycles. The van der Waals surface area contributed by atoms with Crippen LogP contribution in [0, 0.1) is 0 Å². The number of hydrogen-bond donors (Lipinski definition) is 3. The summed E-state index contributed by atoms with van der Waals surface area (Å²) in [7, 11) is -5.01. The normalized spacial score (nSPS) is 21.3. The maximum atomic E-state index is 12.7.